The van der Waals surface area contributed by atoms with Crippen LogP contribution in [0, 0.1) is 0 Å². The molecular formula is C14H11N3O3. The summed E-state index contributed by atoms with van der Waals surface area (Å²) in [5.74, 6) is -1.21. The van der Waals surface area contributed by atoms with Gasteiger partial charge in [0.1, 0.15) is 0 Å². The topological polar surface area (TPSA) is 101 Å². The highest BCUT2D eigenvalue weighted by molar-refractivity contribution is 6.27. The quantitative estimate of drug-likeness (QED) is 0.695. The van der Waals surface area contributed by atoms with Gasteiger partial charge < -0.3 is 11.1 Å². The molecule has 0 bridgehead atoms. The molecule has 0 saturated heterocycles. The van der Waals surface area contributed by atoms with E-state index >= 15 is 0 Å². The Morgan fingerprint density at radius 3 is 2.50 bits per heavy atom. The Kier molecular flexibility index (Phi) is 2.73. The van der Waals surface area contributed by atoms with Gasteiger partial charge in [0.15, 0.2) is 0 Å². The minimum absolute atomic E-state index is 0.137. The Morgan fingerprint density at radius 2 is 1.80 bits per heavy atom. The van der Waals surface area contributed by atoms with Gasteiger partial charge in [-0.25, -0.2) is 0 Å². The van der Waals surface area contributed by atoms with E-state index in [1.807, 2.05) is 0 Å². The number of nitrogens with two attached hydrogens (primary N) is 1. The van der Waals surface area contributed by atoms with Crippen molar-refractivity contribution >= 4 is 34.2 Å². The van der Waals surface area contributed by atoms with E-state index in [0.717, 1.165) is 0 Å². The van der Waals surface area contributed by atoms with Crippen molar-refractivity contribution in [1.82, 2.24) is 5.32 Å². The van der Waals surface area contributed by atoms with Crippen molar-refractivity contribution in [2.75, 3.05) is 11.9 Å². The van der Waals surface area contributed by atoms with E-state index in [2.05, 4.69) is 10.6 Å². The molecule has 6 nitrogen and oxygen atoms in total. The minimum atomic E-state index is -0.435. The van der Waals surface area contributed by atoms with E-state index in [0.29, 0.717) is 27.6 Å². The minimum Gasteiger partial charge on any atom is -0.324 e. The number of hydrogen-bond donors (Lipinski definition) is 3. The summed E-state index contributed by atoms with van der Waals surface area (Å²) >= 11 is 0. The van der Waals surface area contributed by atoms with Gasteiger partial charge in [-0.1, -0.05) is 12.1 Å². The van der Waals surface area contributed by atoms with Crippen LogP contribution in [-0.4, -0.2) is 24.3 Å². The van der Waals surface area contributed by atoms with Crippen LogP contribution < -0.4 is 16.4 Å². The molecule has 1 aliphatic heterocycles. The lowest BCUT2D eigenvalue weighted by molar-refractivity contribution is -0.114. The van der Waals surface area contributed by atoms with E-state index in [-0.39, 0.29) is 12.5 Å². The highest BCUT2D eigenvalue weighted by atomic mass is 16.2. The summed E-state index contributed by atoms with van der Waals surface area (Å²) < 4.78 is 0. The lowest BCUT2D eigenvalue weighted by atomic mass is 9.94. The predicted octanol–water partition coefficient (Wildman–Crippen LogP) is 0.621. The molecule has 3 rings (SSSR count). The zero-order valence-corrected chi connectivity index (χ0v) is 10.4. The standard InChI is InChI=1S/C14H11N3O3/c15-6-11(18)16-10-5-4-9-12-7(10)2-1-3-8(12)13(19)17-14(9)20/h1-5H,6,15H2,(H,16,18)(H,17,19,20). The summed E-state index contributed by atoms with van der Waals surface area (Å²) in [6, 6.07) is 8.31. The van der Waals surface area contributed by atoms with Gasteiger partial charge in [-0.05, 0) is 18.2 Å². The summed E-state index contributed by atoms with van der Waals surface area (Å²) in [7, 11) is 0. The number of amides is 3. The number of carbonyl (C=O) groups is 3. The number of nitrogens with one attached hydrogen (secondary N) is 2. The fourth-order valence-corrected chi connectivity index (χ4v) is 2.33. The SMILES string of the molecule is NCC(=O)Nc1ccc2c3c(cccc13)C(=O)NC2=O. The summed E-state index contributed by atoms with van der Waals surface area (Å²) in [6.45, 7) is -0.137. The third-order valence-electron chi connectivity index (χ3n) is 3.22. The van der Waals surface area contributed by atoms with Gasteiger partial charge in [0, 0.05) is 27.6 Å². The molecule has 0 atom stereocenters. The average Bonchev–Trinajstić information content (AvgIpc) is 2.45. The fourth-order valence-electron chi connectivity index (χ4n) is 2.33. The van der Waals surface area contributed by atoms with Crippen LogP contribution in [0.2, 0.25) is 0 Å². The lowest BCUT2D eigenvalue weighted by Crippen LogP contribution is -2.34. The molecule has 0 saturated carbocycles. The second kappa shape index (κ2) is 4.43. The average molecular weight is 269 g/mol. The molecule has 0 aromatic heterocycles. The van der Waals surface area contributed by atoms with Crippen LogP contribution >= 0.6 is 0 Å². The van der Waals surface area contributed by atoms with Gasteiger partial charge in [0.05, 0.1) is 6.54 Å². The molecular weight excluding hydrogens is 258 g/mol. The molecule has 6 heteroatoms. The third kappa shape index (κ3) is 1.74. The van der Waals surface area contributed by atoms with E-state index in [9.17, 15) is 14.4 Å². The Balaban J connectivity index is 2.29. The number of carbonyl (C=O) groups excluding carboxylic acids is 3. The zero-order chi connectivity index (χ0) is 14.3. The van der Waals surface area contributed by atoms with E-state index in [1.54, 1.807) is 30.3 Å². The van der Waals surface area contributed by atoms with Crippen LogP contribution in [0.1, 0.15) is 20.7 Å². The largest absolute Gasteiger partial charge is 0.324 e. The van der Waals surface area contributed by atoms with Crippen molar-refractivity contribution in [3.8, 4) is 0 Å². The fraction of sp³-hybridized carbons (Fsp3) is 0.0714. The molecule has 1 aliphatic rings. The van der Waals surface area contributed by atoms with Crippen LogP contribution in [0.25, 0.3) is 10.8 Å². The van der Waals surface area contributed by atoms with E-state index in [4.69, 9.17) is 5.73 Å². The van der Waals surface area contributed by atoms with Crippen LogP contribution in [0.15, 0.2) is 30.3 Å². The highest BCUT2D eigenvalue weighted by Gasteiger charge is 2.25. The van der Waals surface area contributed by atoms with Gasteiger partial charge in [0.2, 0.25) is 5.91 Å². The molecule has 4 N–H and O–H groups in total. The molecule has 2 aromatic rings. The first-order chi connectivity index (χ1) is 9.61. The van der Waals surface area contributed by atoms with Gasteiger partial charge in [0.25, 0.3) is 11.8 Å². The van der Waals surface area contributed by atoms with Crippen LogP contribution in [0.3, 0.4) is 0 Å². The first-order valence-electron chi connectivity index (χ1n) is 6.03. The molecule has 0 unspecified atom stereocenters. The van der Waals surface area contributed by atoms with Gasteiger partial charge in [-0.2, -0.15) is 0 Å². The van der Waals surface area contributed by atoms with E-state index in [1.165, 1.54) is 0 Å². The monoisotopic (exact) mass is 269 g/mol. The highest BCUT2D eigenvalue weighted by Crippen LogP contribution is 2.31. The molecule has 2 aromatic carbocycles. The normalized spacial score (nSPS) is 13.2. The van der Waals surface area contributed by atoms with Crippen molar-refractivity contribution in [2.24, 2.45) is 5.73 Å². The van der Waals surface area contributed by atoms with Crippen LogP contribution in [-0.2, 0) is 4.79 Å². The summed E-state index contributed by atoms with van der Waals surface area (Å²) in [4.78, 5) is 35.1. The molecule has 1 heterocycles. The Morgan fingerprint density at radius 1 is 1.10 bits per heavy atom. The molecule has 0 aliphatic carbocycles. The molecule has 3 amide bonds. The Labute approximate surface area is 113 Å². The van der Waals surface area contributed by atoms with Crippen molar-refractivity contribution < 1.29 is 14.4 Å². The Hall–Kier alpha value is -2.73. The molecule has 100 valence electrons. The van der Waals surface area contributed by atoms with Crippen LogP contribution in [0.4, 0.5) is 5.69 Å². The molecule has 20 heavy (non-hydrogen) atoms. The van der Waals surface area contributed by atoms with Crippen molar-refractivity contribution in [2.45, 2.75) is 0 Å². The van der Waals surface area contributed by atoms with Crippen LogP contribution in [0.5, 0.6) is 0 Å². The summed E-state index contributed by atoms with van der Waals surface area (Å²) in [5.41, 5.74) is 6.64. The number of imide groups is 1. The number of anilines is 1. The van der Waals surface area contributed by atoms with Crippen molar-refractivity contribution in [1.29, 1.82) is 0 Å². The molecule has 0 spiro atoms. The van der Waals surface area contributed by atoms with Gasteiger partial charge in [-0.3, -0.25) is 19.7 Å². The smallest absolute Gasteiger partial charge is 0.258 e. The zero-order valence-electron chi connectivity index (χ0n) is 10.4. The molecule has 0 fully saturated rings. The maximum Gasteiger partial charge on any atom is 0.258 e. The van der Waals surface area contributed by atoms with Gasteiger partial charge in [-0.15, -0.1) is 0 Å². The Bertz CT molecular complexity index is 747. The second-order valence-corrected chi connectivity index (χ2v) is 4.42. The maximum absolute atomic E-state index is 11.8. The third-order valence-corrected chi connectivity index (χ3v) is 3.22. The maximum atomic E-state index is 11.8. The predicted molar refractivity (Wildman–Crippen MR) is 73.4 cm³/mol. The van der Waals surface area contributed by atoms with Crippen molar-refractivity contribution in [3.05, 3.63) is 41.5 Å². The van der Waals surface area contributed by atoms with E-state index < -0.39 is 11.8 Å². The first kappa shape index (κ1) is 12.3. The second-order valence-electron chi connectivity index (χ2n) is 4.42. The number of rotatable bonds is 2. The van der Waals surface area contributed by atoms with Crippen molar-refractivity contribution in [3.63, 3.8) is 0 Å². The summed E-state index contributed by atoms with van der Waals surface area (Å²) in [6.07, 6.45) is 0. The lowest BCUT2D eigenvalue weighted by Gasteiger charge is -2.18. The molecule has 0 radical (unpaired) electrons. The van der Waals surface area contributed by atoms with Gasteiger partial charge >= 0.3 is 0 Å². The number of hydrogen-bond acceptors (Lipinski definition) is 4. The summed E-state index contributed by atoms with van der Waals surface area (Å²) in [5, 5.41) is 6.14. The first-order valence-corrected chi connectivity index (χ1v) is 6.03. The number of benzene rings is 2.